The summed E-state index contributed by atoms with van der Waals surface area (Å²) in [4.78, 5) is 29.3. The predicted molar refractivity (Wildman–Crippen MR) is 169 cm³/mol. The van der Waals surface area contributed by atoms with Crippen LogP contribution in [0, 0.1) is 6.92 Å². The Labute approximate surface area is 252 Å². The van der Waals surface area contributed by atoms with Crippen molar-refractivity contribution in [2.24, 2.45) is 5.10 Å². The van der Waals surface area contributed by atoms with Crippen LogP contribution in [0.5, 0.6) is 5.75 Å². The molecule has 3 N–H and O–H groups in total. The lowest BCUT2D eigenvalue weighted by atomic mass is 10.1. The summed E-state index contributed by atoms with van der Waals surface area (Å²) in [7, 11) is 0. The molecule has 0 atom stereocenters. The number of amides is 2. The summed E-state index contributed by atoms with van der Waals surface area (Å²) >= 11 is 7.37. The van der Waals surface area contributed by atoms with Crippen molar-refractivity contribution in [2.75, 3.05) is 17.2 Å². The summed E-state index contributed by atoms with van der Waals surface area (Å²) in [6.07, 6.45) is 1.53. The Balaban J connectivity index is 1.08. The van der Waals surface area contributed by atoms with Crippen LogP contribution in [0.3, 0.4) is 0 Å². The maximum atomic E-state index is 12.6. The lowest BCUT2D eigenvalue weighted by Gasteiger charge is -2.08. The van der Waals surface area contributed by atoms with Gasteiger partial charge in [-0.2, -0.15) is 5.10 Å². The van der Waals surface area contributed by atoms with Crippen molar-refractivity contribution >= 4 is 57.5 Å². The normalized spacial score (nSPS) is 10.8. The Morgan fingerprint density at radius 2 is 1.60 bits per heavy atom. The van der Waals surface area contributed by atoms with Gasteiger partial charge in [0.1, 0.15) is 5.75 Å². The van der Waals surface area contributed by atoms with E-state index in [0.29, 0.717) is 22.0 Å². The SMILES string of the molecule is Cc1ccc(Nc2nc(-c3ccc(C(=O)N/N=C/c4ccc(OCC(=O)Nc5ccc(Cl)cc5)cc4)cc3)cs2)cc1. The molecule has 0 saturated carbocycles. The zero-order chi connectivity index (χ0) is 29.3. The van der Waals surface area contributed by atoms with Crippen molar-refractivity contribution in [3.05, 3.63) is 124 Å². The third kappa shape index (κ3) is 8.03. The van der Waals surface area contributed by atoms with Gasteiger partial charge in [-0.05, 0) is 85.3 Å². The van der Waals surface area contributed by atoms with E-state index in [1.165, 1.54) is 23.1 Å². The fraction of sp³-hybridized carbons (Fsp3) is 0.0625. The van der Waals surface area contributed by atoms with Crippen molar-refractivity contribution in [1.29, 1.82) is 0 Å². The molecule has 210 valence electrons. The number of aryl methyl sites for hydroxylation is 1. The fourth-order valence-electron chi connectivity index (χ4n) is 3.78. The third-order valence-electron chi connectivity index (χ3n) is 6.01. The number of thiazole rings is 1. The van der Waals surface area contributed by atoms with E-state index in [4.69, 9.17) is 16.3 Å². The second-order valence-electron chi connectivity index (χ2n) is 9.22. The van der Waals surface area contributed by atoms with E-state index in [1.807, 2.05) is 48.7 Å². The highest BCUT2D eigenvalue weighted by Crippen LogP contribution is 2.27. The lowest BCUT2D eigenvalue weighted by molar-refractivity contribution is -0.118. The number of ether oxygens (including phenoxy) is 1. The lowest BCUT2D eigenvalue weighted by Crippen LogP contribution is -2.20. The molecule has 2 amide bonds. The van der Waals surface area contributed by atoms with Gasteiger partial charge < -0.3 is 15.4 Å². The Bertz CT molecular complexity index is 1680. The number of benzene rings is 4. The highest BCUT2D eigenvalue weighted by atomic mass is 35.5. The maximum Gasteiger partial charge on any atom is 0.271 e. The molecule has 1 heterocycles. The largest absolute Gasteiger partial charge is 0.484 e. The average Bonchev–Trinajstić information content (AvgIpc) is 3.47. The first-order valence-electron chi connectivity index (χ1n) is 12.9. The first kappa shape index (κ1) is 28.5. The number of carbonyl (C=O) groups excluding carboxylic acids is 2. The van der Waals surface area contributed by atoms with Crippen LogP contribution >= 0.6 is 22.9 Å². The minimum atomic E-state index is -0.329. The van der Waals surface area contributed by atoms with E-state index in [1.54, 1.807) is 60.7 Å². The third-order valence-corrected chi connectivity index (χ3v) is 7.02. The number of hydrogen-bond donors (Lipinski definition) is 3. The molecule has 0 fully saturated rings. The van der Waals surface area contributed by atoms with Crippen molar-refractivity contribution < 1.29 is 14.3 Å². The van der Waals surface area contributed by atoms with Gasteiger partial charge >= 0.3 is 0 Å². The van der Waals surface area contributed by atoms with Gasteiger partial charge in [-0.1, -0.05) is 41.4 Å². The monoisotopic (exact) mass is 595 g/mol. The standard InChI is InChI=1S/C32H26ClN5O3S/c1-21-2-12-27(13-3-21)36-32-37-29(20-42-32)23-6-8-24(9-7-23)31(40)38-34-18-22-4-16-28(17-5-22)41-19-30(39)35-26-14-10-25(33)11-15-26/h2-18,20H,19H2,1H3,(H,35,39)(H,36,37)(H,38,40)/b34-18+. The minimum Gasteiger partial charge on any atom is -0.484 e. The second kappa shape index (κ2) is 13.6. The molecule has 4 aromatic carbocycles. The molecule has 8 nitrogen and oxygen atoms in total. The highest BCUT2D eigenvalue weighted by molar-refractivity contribution is 7.14. The molecule has 0 bridgehead atoms. The molecule has 0 saturated heterocycles. The van der Waals surface area contributed by atoms with Crippen LogP contribution in [-0.2, 0) is 4.79 Å². The highest BCUT2D eigenvalue weighted by Gasteiger charge is 2.09. The Morgan fingerprint density at radius 3 is 2.31 bits per heavy atom. The number of hydrazone groups is 1. The van der Waals surface area contributed by atoms with Crippen LogP contribution < -0.4 is 20.8 Å². The number of rotatable bonds is 10. The fourth-order valence-corrected chi connectivity index (χ4v) is 4.64. The van der Waals surface area contributed by atoms with Gasteiger partial charge in [0.05, 0.1) is 11.9 Å². The Hall–Kier alpha value is -4.99. The summed E-state index contributed by atoms with van der Waals surface area (Å²) in [5, 5.41) is 13.5. The van der Waals surface area contributed by atoms with Crippen LogP contribution in [0.15, 0.2) is 108 Å². The van der Waals surface area contributed by atoms with Gasteiger partial charge in [0.2, 0.25) is 0 Å². The first-order valence-corrected chi connectivity index (χ1v) is 14.2. The van der Waals surface area contributed by atoms with Gasteiger partial charge in [0, 0.05) is 32.9 Å². The van der Waals surface area contributed by atoms with E-state index >= 15 is 0 Å². The number of nitrogens with zero attached hydrogens (tertiary/aromatic N) is 2. The first-order chi connectivity index (χ1) is 20.4. The maximum absolute atomic E-state index is 12.6. The molecule has 5 rings (SSSR count). The smallest absolute Gasteiger partial charge is 0.271 e. The molecule has 0 aliphatic heterocycles. The van der Waals surface area contributed by atoms with E-state index in [-0.39, 0.29) is 18.4 Å². The molecule has 0 radical (unpaired) electrons. The molecule has 0 aliphatic carbocycles. The summed E-state index contributed by atoms with van der Waals surface area (Å²) in [5.74, 6) is -0.0877. The van der Waals surface area contributed by atoms with Gasteiger partial charge in [0.15, 0.2) is 11.7 Å². The van der Waals surface area contributed by atoms with Gasteiger partial charge in [0.25, 0.3) is 11.8 Å². The van der Waals surface area contributed by atoms with Gasteiger partial charge in [-0.15, -0.1) is 11.3 Å². The molecule has 0 unspecified atom stereocenters. The summed E-state index contributed by atoms with van der Waals surface area (Å²) in [5.41, 5.74) is 8.32. The number of aromatic nitrogens is 1. The van der Waals surface area contributed by atoms with Crippen molar-refractivity contribution in [3.63, 3.8) is 0 Å². The van der Waals surface area contributed by atoms with E-state index in [9.17, 15) is 9.59 Å². The van der Waals surface area contributed by atoms with Gasteiger partial charge in [-0.3, -0.25) is 9.59 Å². The number of halogens is 1. The zero-order valence-corrected chi connectivity index (χ0v) is 24.1. The molecular formula is C32H26ClN5O3S. The molecule has 0 aliphatic rings. The van der Waals surface area contributed by atoms with Crippen LogP contribution in [-0.4, -0.2) is 29.6 Å². The van der Waals surface area contributed by atoms with Crippen molar-refractivity contribution in [3.8, 4) is 17.0 Å². The summed E-state index contributed by atoms with van der Waals surface area (Å²) in [6.45, 7) is 1.91. The molecule has 1 aromatic heterocycles. The predicted octanol–water partition coefficient (Wildman–Crippen LogP) is 7.30. The molecular weight excluding hydrogens is 570 g/mol. The van der Waals surface area contributed by atoms with E-state index < -0.39 is 0 Å². The van der Waals surface area contributed by atoms with Crippen molar-refractivity contribution in [2.45, 2.75) is 6.92 Å². The number of anilines is 3. The van der Waals surface area contributed by atoms with Crippen LogP contribution in [0.4, 0.5) is 16.5 Å². The zero-order valence-electron chi connectivity index (χ0n) is 22.5. The average molecular weight is 596 g/mol. The van der Waals surface area contributed by atoms with Crippen molar-refractivity contribution in [1.82, 2.24) is 10.4 Å². The molecule has 10 heteroatoms. The molecule has 0 spiro atoms. The van der Waals surface area contributed by atoms with E-state index in [0.717, 1.165) is 27.6 Å². The topological polar surface area (TPSA) is 105 Å². The number of hydrogen-bond acceptors (Lipinski definition) is 7. The van der Waals surface area contributed by atoms with Crippen LogP contribution in [0.1, 0.15) is 21.5 Å². The molecule has 5 aromatic rings. The second-order valence-corrected chi connectivity index (χ2v) is 10.5. The van der Waals surface area contributed by atoms with Gasteiger partial charge in [-0.25, -0.2) is 10.4 Å². The summed E-state index contributed by atoms with van der Waals surface area (Å²) < 4.78 is 5.53. The van der Waals surface area contributed by atoms with Crippen LogP contribution in [0.2, 0.25) is 5.02 Å². The quantitative estimate of drug-likeness (QED) is 0.116. The molecule has 42 heavy (non-hydrogen) atoms. The Kier molecular flexibility index (Phi) is 9.23. The number of carbonyl (C=O) groups is 2. The van der Waals surface area contributed by atoms with E-state index in [2.05, 4.69) is 26.1 Å². The minimum absolute atomic E-state index is 0.140. The number of nitrogens with one attached hydrogen (secondary N) is 3. The van der Waals surface area contributed by atoms with Crippen LogP contribution in [0.25, 0.3) is 11.3 Å². The summed E-state index contributed by atoms with van der Waals surface area (Å²) in [6, 6.07) is 29.1. The Morgan fingerprint density at radius 1 is 0.905 bits per heavy atom.